The highest BCUT2D eigenvalue weighted by atomic mass is 17.1. The normalized spacial score (nSPS) is 8.70. The molecule has 0 aliphatic rings. The predicted octanol–water partition coefficient (Wildman–Crippen LogP) is 1.75. The molecule has 1 aromatic carbocycles. The first-order valence-electron chi connectivity index (χ1n) is 5.45. The molecule has 0 atom stereocenters. The molecule has 0 fully saturated rings. The molecule has 2 N–H and O–H groups in total. The van der Waals surface area contributed by atoms with Crippen LogP contribution in [0.2, 0.25) is 0 Å². The van der Waals surface area contributed by atoms with Gasteiger partial charge in [0.05, 0.1) is 17.7 Å². The lowest BCUT2D eigenvalue weighted by Crippen LogP contribution is -2.12. The second-order valence-electron chi connectivity index (χ2n) is 3.19. The monoisotopic (exact) mass is 282 g/mol. The topological polar surface area (TPSA) is 110 Å². The predicted molar refractivity (Wildman–Crippen MR) is 68.3 cm³/mol. The Kier molecular flexibility index (Phi) is 8.05. The highest BCUT2D eigenvalue weighted by molar-refractivity contribution is 6.02. The third-order valence-corrected chi connectivity index (χ3v) is 1.90. The molecule has 108 valence electrons. The molecule has 0 spiro atoms. The number of aliphatic carboxylic acids is 1. The largest absolute Gasteiger partial charge is 0.478 e. The van der Waals surface area contributed by atoms with Crippen LogP contribution in [0.5, 0.6) is 0 Å². The highest BCUT2D eigenvalue weighted by Gasteiger charge is 2.18. The SMILES string of the molecule is C=CC(=O)O.CCOC(=O)c1ccccc1C(=O)OO. The van der Waals surface area contributed by atoms with Crippen LogP contribution >= 0.6 is 0 Å². The highest BCUT2D eigenvalue weighted by Crippen LogP contribution is 2.11. The van der Waals surface area contributed by atoms with Gasteiger partial charge >= 0.3 is 17.9 Å². The maximum Gasteiger partial charge on any atom is 0.373 e. The van der Waals surface area contributed by atoms with Gasteiger partial charge in [0, 0.05) is 6.08 Å². The zero-order valence-electron chi connectivity index (χ0n) is 10.7. The molecule has 1 rings (SSSR count). The molecule has 0 unspecified atom stereocenters. The standard InChI is InChI=1S/C10H10O5.C3H4O2/c1-2-14-9(11)7-5-3-4-6-8(7)10(12)15-13;1-2-3(4)5/h3-6,13H,2H2,1H3;2H,1H2,(H,4,5). The van der Waals surface area contributed by atoms with Crippen molar-refractivity contribution in [1.82, 2.24) is 0 Å². The molecule has 1 aromatic rings. The van der Waals surface area contributed by atoms with Crippen molar-refractivity contribution >= 4 is 17.9 Å². The molecular formula is C13H14O7. The molecule has 0 saturated carbocycles. The van der Waals surface area contributed by atoms with Crippen LogP contribution < -0.4 is 0 Å². The van der Waals surface area contributed by atoms with Gasteiger partial charge in [-0.2, -0.15) is 5.26 Å². The quantitative estimate of drug-likeness (QED) is 0.374. The van der Waals surface area contributed by atoms with Crippen LogP contribution in [0.3, 0.4) is 0 Å². The lowest BCUT2D eigenvalue weighted by Gasteiger charge is -2.05. The van der Waals surface area contributed by atoms with Gasteiger partial charge in [-0.3, -0.25) is 4.89 Å². The maximum atomic E-state index is 11.4. The van der Waals surface area contributed by atoms with Crippen molar-refractivity contribution in [1.29, 1.82) is 0 Å². The summed E-state index contributed by atoms with van der Waals surface area (Å²) < 4.78 is 4.73. The first-order chi connectivity index (χ1) is 9.47. The molecule has 7 heteroatoms. The summed E-state index contributed by atoms with van der Waals surface area (Å²) in [4.78, 5) is 35.2. The summed E-state index contributed by atoms with van der Waals surface area (Å²) in [5.74, 6) is -2.60. The van der Waals surface area contributed by atoms with Crippen LogP contribution in [0.15, 0.2) is 36.9 Å². The lowest BCUT2D eigenvalue weighted by molar-refractivity contribution is -0.182. The molecule has 0 bridgehead atoms. The van der Waals surface area contributed by atoms with Gasteiger partial charge in [0.15, 0.2) is 0 Å². The number of hydrogen-bond donors (Lipinski definition) is 2. The summed E-state index contributed by atoms with van der Waals surface area (Å²) in [5.41, 5.74) is 0.0388. The molecule has 20 heavy (non-hydrogen) atoms. The van der Waals surface area contributed by atoms with E-state index in [0.717, 1.165) is 6.08 Å². The summed E-state index contributed by atoms with van der Waals surface area (Å²) >= 11 is 0. The second kappa shape index (κ2) is 9.29. The van der Waals surface area contributed by atoms with Crippen LogP contribution in [0, 0.1) is 0 Å². The van der Waals surface area contributed by atoms with Crippen molar-refractivity contribution in [3.05, 3.63) is 48.0 Å². The lowest BCUT2D eigenvalue weighted by atomic mass is 10.1. The minimum atomic E-state index is -0.987. The number of ether oxygens (including phenoxy) is 1. The van der Waals surface area contributed by atoms with Gasteiger partial charge in [-0.05, 0) is 19.1 Å². The van der Waals surface area contributed by atoms with Crippen LogP contribution in [-0.4, -0.2) is 34.9 Å². The van der Waals surface area contributed by atoms with Gasteiger partial charge in [0.25, 0.3) is 0 Å². The number of carbonyl (C=O) groups excluding carboxylic acids is 2. The van der Waals surface area contributed by atoms with Crippen LogP contribution in [0.4, 0.5) is 0 Å². The van der Waals surface area contributed by atoms with Crippen molar-refractivity contribution < 1.29 is 34.4 Å². The van der Waals surface area contributed by atoms with E-state index in [1.54, 1.807) is 19.1 Å². The van der Waals surface area contributed by atoms with Gasteiger partial charge in [0.2, 0.25) is 0 Å². The molecule has 0 aliphatic heterocycles. The number of carboxylic acids is 1. The number of carbonyl (C=O) groups is 3. The Morgan fingerprint density at radius 1 is 1.20 bits per heavy atom. The second-order valence-corrected chi connectivity index (χ2v) is 3.19. The zero-order valence-corrected chi connectivity index (χ0v) is 10.7. The number of rotatable bonds is 4. The van der Waals surface area contributed by atoms with E-state index in [0.29, 0.717) is 0 Å². The van der Waals surface area contributed by atoms with Gasteiger partial charge in [-0.1, -0.05) is 18.7 Å². The molecule has 0 aromatic heterocycles. The zero-order chi connectivity index (χ0) is 15.5. The summed E-state index contributed by atoms with van der Waals surface area (Å²) in [6.45, 7) is 4.83. The summed E-state index contributed by atoms with van der Waals surface area (Å²) in [7, 11) is 0. The van der Waals surface area contributed by atoms with Gasteiger partial charge in [0.1, 0.15) is 0 Å². The Morgan fingerprint density at radius 3 is 2.00 bits per heavy atom. The molecular weight excluding hydrogens is 268 g/mol. The fraction of sp³-hybridized carbons (Fsp3) is 0.154. The third-order valence-electron chi connectivity index (χ3n) is 1.90. The molecule has 0 amide bonds. The van der Waals surface area contributed by atoms with Crippen molar-refractivity contribution in [3.63, 3.8) is 0 Å². The number of benzene rings is 1. The van der Waals surface area contributed by atoms with E-state index in [1.807, 2.05) is 0 Å². The Labute approximate surface area is 115 Å². The Balaban J connectivity index is 0.000000621. The molecule has 0 radical (unpaired) electrons. The van der Waals surface area contributed by atoms with Crippen LogP contribution in [0.25, 0.3) is 0 Å². The van der Waals surface area contributed by atoms with Crippen molar-refractivity contribution in [2.45, 2.75) is 6.92 Å². The van der Waals surface area contributed by atoms with Crippen LogP contribution in [0.1, 0.15) is 27.6 Å². The van der Waals surface area contributed by atoms with Crippen molar-refractivity contribution in [2.75, 3.05) is 6.61 Å². The minimum Gasteiger partial charge on any atom is -0.478 e. The summed E-state index contributed by atoms with van der Waals surface area (Å²) in [6.07, 6.45) is 0.833. The molecule has 0 saturated heterocycles. The first kappa shape index (κ1) is 17.3. The van der Waals surface area contributed by atoms with E-state index in [9.17, 15) is 14.4 Å². The summed E-state index contributed by atoms with van der Waals surface area (Å²) in [6, 6.07) is 5.92. The van der Waals surface area contributed by atoms with Gasteiger partial charge in [-0.15, -0.1) is 0 Å². The Hall–Kier alpha value is -2.67. The number of carboxylic acid groups (broad SMARTS) is 1. The molecule has 0 heterocycles. The van der Waals surface area contributed by atoms with E-state index >= 15 is 0 Å². The van der Waals surface area contributed by atoms with Gasteiger partial charge < -0.3 is 9.84 Å². The fourth-order valence-electron chi connectivity index (χ4n) is 1.10. The smallest absolute Gasteiger partial charge is 0.373 e. The van der Waals surface area contributed by atoms with E-state index in [1.165, 1.54) is 12.1 Å². The average Bonchev–Trinajstić information content (AvgIpc) is 2.47. The first-order valence-corrected chi connectivity index (χ1v) is 5.45. The fourth-order valence-corrected chi connectivity index (χ4v) is 1.10. The van der Waals surface area contributed by atoms with E-state index < -0.39 is 17.9 Å². The Morgan fingerprint density at radius 2 is 1.65 bits per heavy atom. The van der Waals surface area contributed by atoms with E-state index in [-0.39, 0.29) is 17.7 Å². The van der Waals surface area contributed by atoms with Crippen LogP contribution in [-0.2, 0) is 14.4 Å². The number of hydrogen-bond acceptors (Lipinski definition) is 6. The average molecular weight is 282 g/mol. The molecule has 7 nitrogen and oxygen atoms in total. The third kappa shape index (κ3) is 5.78. The maximum absolute atomic E-state index is 11.4. The molecule has 0 aliphatic carbocycles. The Bertz CT molecular complexity index is 493. The van der Waals surface area contributed by atoms with E-state index in [2.05, 4.69) is 11.5 Å². The number of esters is 1. The summed E-state index contributed by atoms with van der Waals surface area (Å²) in [5, 5.41) is 15.8. The van der Waals surface area contributed by atoms with Crippen molar-refractivity contribution in [3.8, 4) is 0 Å². The van der Waals surface area contributed by atoms with Gasteiger partial charge in [-0.25, -0.2) is 14.4 Å². The van der Waals surface area contributed by atoms with Crippen molar-refractivity contribution in [2.24, 2.45) is 0 Å². The minimum absolute atomic E-state index is 0.0292. The van der Waals surface area contributed by atoms with E-state index in [4.69, 9.17) is 15.1 Å².